The Kier molecular flexibility index (Phi) is 7.80. The second-order valence-electron chi connectivity index (χ2n) is 6.41. The molecule has 0 aliphatic rings. The number of benzene rings is 1. The third-order valence-electron chi connectivity index (χ3n) is 4.84. The van der Waals surface area contributed by atoms with Gasteiger partial charge in [0, 0.05) is 26.1 Å². The molecule has 0 bridgehead atoms. The number of nitrogens with zero attached hydrogens (tertiary/aromatic N) is 1. The highest BCUT2D eigenvalue weighted by Gasteiger charge is 2.37. The second kappa shape index (κ2) is 9.09. The summed E-state index contributed by atoms with van der Waals surface area (Å²) in [5.74, 6) is 1.24. The van der Waals surface area contributed by atoms with Gasteiger partial charge in [-0.1, -0.05) is 37.6 Å². The fourth-order valence-electron chi connectivity index (χ4n) is 3.38. The molecule has 0 aliphatic carbocycles. The van der Waals surface area contributed by atoms with Gasteiger partial charge >= 0.3 is 0 Å². The minimum atomic E-state index is -0.299. The topological polar surface area (TPSA) is 21.7 Å². The minimum Gasteiger partial charge on any atom is -0.497 e. The molecule has 3 nitrogen and oxygen atoms in total. The van der Waals surface area contributed by atoms with Crippen LogP contribution in [0.3, 0.4) is 0 Å². The Morgan fingerprint density at radius 2 is 2.04 bits per heavy atom. The van der Waals surface area contributed by atoms with Crippen molar-refractivity contribution in [1.82, 2.24) is 4.90 Å². The van der Waals surface area contributed by atoms with E-state index in [2.05, 4.69) is 57.9 Å². The number of ether oxygens (including phenoxy) is 2. The quantitative estimate of drug-likeness (QED) is 0.626. The Hall–Kier alpha value is -1.32. The van der Waals surface area contributed by atoms with Crippen molar-refractivity contribution in [3.63, 3.8) is 0 Å². The lowest BCUT2D eigenvalue weighted by Gasteiger charge is -2.39. The van der Waals surface area contributed by atoms with Crippen LogP contribution in [0.5, 0.6) is 5.75 Å². The molecular weight excluding hydrogens is 286 g/mol. The van der Waals surface area contributed by atoms with Crippen LogP contribution in [-0.4, -0.2) is 39.3 Å². The molecule has 0 saturated heterocycles. The zero-order valence-corrected chi connectivity index (χ0v) is 15.8. The summed E-state index contributed by atoms with van der Waals surface area (Å²) in [6.45, 7) is 10.7. The van der Waals surface area contributed by atoms with Gasteiger partial charge in [-0.25, -0.2) is 0 Å². The van der Waals surface area contributed by atoms with E-state index in [9.17, 15) is 0 Å². The van der Waals surface area contributed by atoms with E-state index in [1.165, 1.54) is 11.1 Å². The van der Waals surface area contributed by atoms with Crippen molar-refractivity contribution in [3.05, 3.63) is 41.5 Å². The van der Waals surface area contributed by atoms with Crippen LogP contribution in [0.1, 0.15) is 39.7 Å². The predicted octanol–water partition coefficient (Wildman–Crippen LogP) is 4.48. The van der Waals surface area contributed by atoms with Crippen LogP contribution in [0.15, 0.2) is 35.9 Å². The molecule has 2 atom stereocenters. The van der Waals surface area contributed by atoms with Gasteiger partial charge in [0.05, 0.1) is 12.7 Å². The second-order valence-corrected chi connectivity index (χ2v) is 6.41. The Morgan fingerprint density at radius 1 is 1.35 bits per heavy atom. The summed E-state index contributed by atoms with van der Waals surface area (Å²) in [6.07, 6.45) is 3.10. The summed E-state index contributed by atoms with van der Waals surface area (Å²) in [6, 6.07) is 8.26. The van der Waals surface area contributed by atoms with E-state index in [1.54, 1.807) is 7.11 Å². The highest BCUT2D eigenvalue weighted by atomic mass is 16.5. The maximum Gasteiger partial charge on any atom is 0.119 e. The number of hydrogen-bond acceptors (Lipinski definition) is 3. The van der Waals surface area contributed by atoms with Gasteiger partial charge in [-0.05, 0) is 45.0 Å². The minimum absolute atomic E-state index is 0.299. The Labute approximate surface area is 142 Å². The summed E-state index contributed by atoms with van der Waals surface area (Å²) >= 11 is 0. The predicted molar refractivity (Wildman–Crippen MR) is 98.1 cm³/mol. The molecule has 0 aliphatic heterocycles. The van der Waals surface area contributed by atoms with Crippen molar-refractivity contribution >= 4 is 0 Å². The molecule has 0 saturated carbocycles. The van der Waals surface area contributed by atoms with Crippen molar-refractivity contribution in [1.29, 1.82) is 0 Å². The summed E-state index contributed by atoms with van der Waals surface area (Å²) in [5, 5.41) is 0. The molecular formula is C20H33NO2. The number of methoxy groups -OCH3 is 2. The first-order chi connectivity index (χ1) is 10.9. The lowest BCUT2D eigenvalue weighted by molar-refractivity contribution is -0.0692. The smallest absolute Gasteiger partial charge is 0.119 e. The van der Waals surface area contributed by atoms with Gasteiger partial charge in [0.25, 0.3) is 0 Å². The van der Waals surface area contributed by atoms with Crippen LogP contribution in [0.4, 0.5) is 0 Å². The summed E-state index contributed by atoms with van der Waals surface area (Å²) < 4.78 is 11.5. The highest BCUT2D eigenvalue weighted by Crippen LogP contribution is 2.38. The van der Waals surface area contributed by atoms with Crippen LogP contribution in [0, 0.1) is 5.92 Å². The van der Waals surface area contributed by atoms with Crippen molar-refractivity contribution in [2.24, 2.45) is 5.92 Å². The van der Waals surface area contributed by atoms with Gasteiger partial charge in [0.2, 0.25) is 0 Å². The highest BCUT2D eigenvalue weighted by molar-refractivity contribution is 5.33. The van der Waals surface area contributed by atoms with Gasteiger partial charge in [0.15, 0.2) is 0 Å². The van der Waals surface area contributed by atoms with E-state index in [0.717, 1.165) is 25.3 Å². The van der Waals surface area contributed by atoms with Crippen LogP contribution in [0.2, 0.25) is 0 Å². The summed E-state index contributed by atoms with van der Waals surface area (Å²) in [7, 11) is 5.69. The molecule has 0 fully saturated rings. The first-order valence-electron chi connectivity index (χ1n) is 8.43. The van der Waals surface area contributed by atoms with Gasteiger partial charge in [-0.2, -0.15) is 0 Å². The number of rotatable bonds is 9. The number of hydrogen-bond donors (Lipinski definition) is 0. The first kappa shape index (κ1) is 19.7. The van der Waals surface area contributed by atoms with E-state index in [4.69, 9.17) is 9.47 Å². The monoisotopic (exact) mass is 319 g/mol. The van der Waals surface area contributed by atoms with E-state index in [0.29, 0.717) is 5.92 Å². The molecule has 23 heavy (non-hydrogen) atoms. The Morgan fingerprint density at radius 3 is 2.57 bits per heavy atom. The molecule has 0 spiro atoms. The van der Waals surface area contributed by atoms with Gasteiger partial charge in [-0.15, -0.1) is 0 Å². The van der Waals surface area contributed by atoms with Gasteiger partial charge in [0.1, 0.15) is 5.75 Å². The van der Waals surface area contributed by atoms with E-state index < -0.39 is 0 Å². The largest absolute Gasteiger partial charge is 0.497 e. The molecule has 0 amide bonds. The normalized spacial score (nSPS) is 16.3. The summed E-state index contributed by atoms with van der Waals surface area (Å²) in [5.41, 5.74) is 2.28. The zero-order chi connectivity index (χ0) is 17.5. The maximum absolute atomic E-state index is 6.07. The molecule has 0 heterocycles. The molecule has 1 rings (SSSR count). The number of allylic oxidation sites excluding steroid dienone is 1. The van der Waals surface area contributed by atoms with Crippen molar-refractivity contribution in [2.75, 3.05) is 34.4 Å². The maximum atomic E-state index is 6.07. The van der Waals surface area contributed by atoms with Crippen molar-refractivity contribution in [3.8, 4) is 5.75 Å². The van der Waals surface area contributed by atoms with Gasteiger partial charge < -0.3 is 14.4 Å². The molecule has 0 radical (unpaired) electrons. The molecule has 0 aromatic heterocycles. The average Bonchev–Trinajstić information content (AvgIpc) is 2.56. The van der Waals surface area contributed by atoms with E-state index in [1.807, 2.05) is 19.2 Å². The molecule has 3 heteroatoms. The molecule has 130 valence electrons. The van der Waals surface area contributed by atoms with Crippen molar-refractivity contribution < 1.29 is 9.47 Å². The zero-order valence-electron chi connectivity index (χ0n) is 15.8. The molecule has 2 unspecified atom stereocenters. The van der Waals surface area contributed by atoms with E-state index >= 15 is 0 Å². The van der Waals surface area contributed by atoms with E-state index in [-0.39, 0.29) is 5.60 Å². The SMILES string of the molecule is CC=C(C)CN(C)CC(C)C(CC)(OC)c1cccc(OC)c1. The lowest BCUT2D eigenvalue weighted by Crippen LogP contribution is -2.41. The number of likely N-dealkylation sites (N-methyl/N-ethyl adjacent to an activating group) is 1. The lowest BCUT2D eigenvalue weighted by atomic mass is 9.79. The molecule has 1 aromatic carbocycles. The standard InChI is InChI=1S/C20H33NO2/c1-8-16(3)14-21(5)15-17(4)20(9-2,23-7)18-11-10-12-19(13-18)22-6/h8,10-13,17H,9,14-15H2,1-7H3. The van der Waals surface area contributed by atoms with Crippen molar-refractivity contribution in [2.45, 2.75) is 39.7 Å². The van der Waals surface area contributed by atoms with Crippen LogP contribution in [-0.2, 0) is 10.3 Å². The van der Waals surface area contributed by atoms with Gasteiger partial charge in [-0.3, -0.25) is 0 Å². The van der Waals surface area contributed by atoms with Crippen LogP contribution in [0.25, 0.3) is 0 Å². The fraction of sp³-hybridized carbons (Fsp3) is 0.600. The molecule has 0 N–H and O–H groups in total. The third kappa shape index (κ3) is 4.82. The summed E-state index contributed by atoms with van der Waals surface area (Å²) in [4.78, 5) is 2.36. The van der Waals surface area contributed by atoms with Crippen LogP contribution >= 0.6 is 0 Å². The van der Waals surface area contributed by atoms with Crippen LogP contribution < -0.4 is 4.74 Å². The fourth-order valence-corrected chi connectivity index (χ4v) is 3.38. The average molecular weight is 319 g/mol. The first-order valence-corrected chi connectivity index (χ1v) is 8.43. The molecule has 1 aromatic rings. The Balaban J connectivity index is 3.02. The third-order valence-corrected chi connectivity index (χ3v) is 4.84. The Bertz CT molecular complexity index is 506.